The smallest absolute Gasteiger partial charge is 0.410 e. The summed E-state index contributed by atoms with van der Waals surface area (Å²) in [6, 6.07) is 7.33. The average molecular weight is 220 g/mol. The number of primary amides is 1. The highest BCUT2D eigenvalue weighted by Gasteiger charge is 2.24. The molecule has 2 rings (SSSR count). The van der Waals surface area contributed by atoms with Gasteiger partial charge in [-0.05, 0) is 6.07 Å². The number of hydrogen-bond acceptors (Lipinski definition) is 3. The summed E-state index contributed by atoms with van der Waals surface area (Å²) in [5.74, 6) is 0.162. The van der Waals surface area contributed by atoms with Crippen LogP contribution in [0.5, 0.6) is 5.75 Å². The topological polar surface area (TPSA) is 72.6 Å². The molecule has 0 saturated heterocycles. The Hall–Kier alpha value is -2.04. The molecular formula is C11H12N2O3. The number of carbonyl (C=O) groups excluding carboxylic acids is 2. The summed E-state index contributed by atoms with van der Waals surface area (Å²) >= 11 is 0. The Bertz CT molecular complexity index is 431. The largest absolute Gasteiger partial charge is 0.415 e. The van der Waals surface area contributed by atoms with Crippen LogP contribution in [0.25, 0.3) is 0 Å². The number of carbonyl (C=O) groups is 2. The van der Waals surface area contributed by atoms with Crippen LogP contribution in [0, 0.1) is 0 Å². The molecule has 0 atom stereocenters. The van der Waals surface area contributed by atoms with Crippen molar-refractivity contribution in [1.29, 1.82) is 0 Å². The van der Waals surface area contributed by atoms with Gasteiger partial charge in [0, 0.05) is 18.5 Å². The van der Waals surface area contributed by atoms with Crippen LogP contribution in [0.1, 0.15) is 12.0 Å². The summed E-state index contributed by atoms with van der Waals surface area (Å²) in [5, 5.41) is 0. The van der Waals surface area contributed by atoms with Gasteiger partial charge < -0.3 is 15.4 Å². The number of hydrogen-bond donors (Lipinski definition) is 1. The van der Waals surface area contributed by atoms with Gasteiger partial charge in [0.1, 0.15) is 5.75 Å². The molecule has 16 heavy (non-hydrogen) atoms. The maximum Gasteiger partial charge on any atom is 0.415 e. The van der Waals surface area contributed by atoms with E-state index in [1.54, 1.807) is 6.07 Å². The van der Waals surface area contributed by atoms with Gasteiger partial charge in [-0.25, -0.2) is 4.79 Å². The van der Waals surface area contributed by atoms with Gasteiger partial charge in [0.2, 0.25) is 5.91 Å². The minimum absolute atomic E-state index is 0.150. The van der Waals surface area contributed by atoms with Crippen LogP contribution < -0.4 is 10.5 Å². The summed E-state index contributed by atoms with van der Waals surface area (Å²) in [4.78, 5) is 23.6. The number of rotatable bonds is 3. The van der Waals surface area contributed by atoms with Crippen molar-refractivity contribution < 1.29 is 14.3 Å². The summed E-state index contributed by atoms with van der Waals surface area (Å²) in [6.07, 6.45) is -0.281. The molecular weight excluding hydrogens is 208 g/mol. The molecule has 5 heteroatoms. The number of ether oxygens (including phenoxy) is 1. The number of amides is 2. The predicted molar refractivity (Wildman–Crippen MR) is 56.7 cm³/mol. The minimum Gasteiger partial charge on any atom is -0.410 e. The Morgan fingerprint density at radius 2 is 2.19 bits per heavy atom. The molecule has 0 unspecified atom stereocenters. The maximum absolute atomic E-state index is 11.5. The van der Waals surface area contributed by atoms with E-state index in [0.29, 0.717) is 18.8 Å². The zero-order valence-electron chi connectivity index (χ0n) is 8.68. The molecule has 84 valence electrons. The summed E-state index contributed by atoms with van der Waals surface area (Å²) < 4.78 is 5.11. The van der Waals surface area contributed by atoms with Gasteiger partial charge >= 0.3 is 6.09 Å². The van der Waals surface area contributed by atoms with Crippen LogP contribution in [0.15, 0.2) is 24.3 Å². The van der Waals surface area contributed by atoms with Crippen LogP contribution in [0.3, 0.4) is 0 Å². The third kappa shape index (κ3) is 2.13. The van der Waals surface area contributed by atoms with E-state index in [1.165, 1.54) is 4.90 Å². The summed E-state index contributed by atoms with van der Waals surface area (Å²) in [7, 11) is 0. The van der Waals surface area contributed by atoms with Crippen molar-refractivity contribution in [3.63, 3.8) is 0 Å². The molecule has 0 aliphatic carbocycles. The Kier molecular flexibility index (Phi) is 2.76. The third-order valence-electron chi connectivity index (χ3n) is 2.42. The monoisotopic (exact) mass is 220 g/mol. The Balaban J connectivity index is 2.09. The van der Waals surface area contributed by atoms with Gasteiger partial charge in [0.05, 0.1) is 6.54 Å². The van der Waals surface area contributed by atoms with Gasteiger partial charge in [-0.2, -0.15) is 0 Å². The Morgan fingerprint density at radius 3 is 2.94 bits per heavy atom. The molecule has 0 fully saturated rings. The molecule has 1 heterocycles. The first-order valence-electron chi connectivity index (χ1n) is 5.00. The van der Waals surface area contributed by atoms with E-state index in [-0.39, 0.29) is 6.42 Å². The molecule has 1 aromatic carbocycles. The predicted octanol–water partition coefficient (Wildman–Crippen LogP) is 0.876. The molecule has 1 aliphatic heterocycles. The van der Waals surface area contributed by atoms with E-state index >= 15 is 0 Å². The van der Waals surface area contributed by atoms with Crippen molar-refractivity contribution in [1.82, 2.24) is 4.90 Å². The van der Waals surface area contributed by atoms with Gasteiger partial charge in [0.15, 0.2) is 0 Å². The normalized spacial score (nSPS) is 14.2. The molecule has 1 aliphatic rings. The lowest BCUT2D eigenvalue weighted by Gasteiger charge is -2.27. The quantitative estimate of drug-likeness (QED) is 0.821. The molecule has 0 spiro atoms. The lowest BCUT2D eigenvalue weighted by atomic mass is 10.1. The molecule has 1 aromatic rings. The van der Waals surface area contributed by atoms with Crippen molar-refractivity contribution in [3.8, 4) is 5.75 Å². The Morgan fingerprint density at radius 1 is 1.44 bits per heavy atom. The molecule has 0 bridgehead atoms. The second kappa shape index (κ2) is 4.22. The Labute approximate surface area is 92.8 Å². The van der Waals surface area contributed by atoms with Crippen molar-refractivity contribution in [2.75, 3.05) is 6.54 Å². The van der Waals surface area contributed by atoms with Gasteiger partial charge in [-0.1, -0.05) is 18.2 Å². The van der Waals surface area contributed by atoms with E-state index in [4.69, 9.17) is 10.5 Å². The average Bonchev–Trinajstić information content (AvgIpc) is 2.26. The highest BCUT2D eigenvalue weighted by molar-refractivity contribution is 5.76. The van der Waals surface area contributed by atoms with Crippen LogP contribution in [0.4, 0.5) is 4.79 Å². The van der Waals surface area contributed by atoms with Gasteiger partial charge in [-0.15, -0.1) is 0 Å². The van der Waals surface area contributed by atoms with Crippen LogP contribution in [-0.2, 0) is 11.3 Å². The number of fused-ring (bicyclic) bond motifs is 1. The lowest BCUT2D eigenvalue weighted by Crippen LogP contribution is -2.38. The fraction of sp³-hybridized carbons (Fsp3) is 0.273. The zero-order valence-corrected chi connectivity index (χ0v) is 8.68. The van der Waals surface area contributed by atoms with E-state index in [2.05, 4.69) is 0 Å². The number of nitrogens with zero attached hydrogens (tertiary/aromatic N) is 1. The summed E-state index contributed by atoms with van der Waals surface area (Å²) in [5.41, 5.74) is 5.97. The lowest BCUT2D eigenvalue weighted by molar-refractivity contribution is -0.118. The number of para-hydroxylation sites is 1. The van der Waals surface area contributed by atoms with Crippen LogP contribution in [0.2, 0.25) is 0 Å². The van der Waals surface area contributed by atoms with Crippen molar-refractivity contribution >= 4 is 12.0 Å². The number of nitrogens with two attached hydrogens (primary N) is 1. The highest BCUT2D eigenvalue weighted by Crippen LogP contribution is 2.25. The van der Waals surface area contributed by atoms with Gasteiger partial charge in [0.25, 0.3) is 0 Å². The molecule has 0 saturated carbocycles. The SMILES string of the molecule is NC(=O)CCN1Cc2ccccc2OC1=O. The van der Waals surface area contributed by atoms with E-state index in [9.17, 15) is 9.59 Å². The standard InChI is InChI=1S/C11H12N2O3/c12-10(14)5-6-13-7-8-3-1-2-4-9(8)16-11(13)15/h1-4H,5-7H2,(H2,12,14). The van der Waals surface area contributed by atoms with E-state index < -0.39 is 12.0 Å². The molecule has 2 amide bonds. The van der Waals surface area contributed by atoms with Crippen LogP contribution in [-0.4, -0.2) is 23.4 Å². The van der Waals surface area contributed by atoms with Crippen molar-refractivity contribution in [3.05, 3.63) is 29.8 Å². The highest BCUT2D eigenvalue weighted by atomic mass is 16.6. The van der Waals surface area contributed by atoms with Crippen LogP contribution >= 0.6 is 0 Å². The second-order valence-electron chi connectivity index (χ2n) is 3.61. The van der Waals surface area contributed by atoms with Gasteiger partial charge in [-0.3, -0.25) is 4.79 Å². The maximum atomic E-state index is 11.5. The minimum atomic E-state index is -0.431. The molecule has 5 nitrogen and oxygen atoms in total. The first-order chi connectivity index (χ1) is 7.66. The van der Waals surface area contributed by atoms with E-state index in [1.807, 2.05) is 18.2 Å². The molecule has 0 radical (unpaired) electrons. The van der Waals surface area contributed by atoms with Crippen molar-refractivity contribution in [2.24, 2.45) is 5.73 Å². The summed E-state index contributed by atoms with van der Waals surface area (Å²) in [6.45, 7) is 0.755. The number of benzene rings is 1. The third-order valence-corrected chi connectivity index (χ3v) is 2.42. The molecule has 0 aromatic heterocycles. The fourth-order valence-electron chi connectivity index (χ4n) is 1.58. The zero-order chi connectivity index (χ0) is 11.5. The van der Waals surface area contributed by atoms with Crippen molar-refractivity contribution in [2.45, 2.75) is 13.0 Å². The first kappa shape index (κ1) is 10.5. The van der Waals surface area contributed by atoms with E-state index in [0.717, 1.165) is 5.56 Å². The molecule has 2 N–H and O–H groups in total. The fourth-order valence-corrected chi connectivity index (χ4v) is 1.58. The second-order valence-corrected chi connectivity index (χ2v) is 3.61. The first-order valence-corrected chi connectivity index (χ1v) is 5.00.